The lowest BCUT2D eigenvalue weighted by molar-refractivity contribution is 0.0952. The Labute approximate surface area is 152 Å². The Kier molecular flexibility index (Phi) is 6.57. The first-order valence-corrected chi connectivity index (χ1v) is 9.73. The summed E-state index contributed by atoms with van der Waals surface area (Å²) in [6, 6.07) is 5.65. The molecule has 0 radical (unpaired) electrons. The smallest absolute Gasteiger partial charge is 0.252 e. The monoisotopic (exact) mass is 384 g/mol. The van der Waals surface area contributed by atoms with Crippen molar-refractivity contribution in [2.24, 2.45) is 0 Å². The van der Waals surface area contributed by atoms with Crippen LogP contribution in [0.1, 0.15) is 30.6 Å². The number of nitrogens with zero attached hydrogens (tertiary/aromatic N) is 2. The van der Waals surface area contributed by atoms with Crippen LogP contribution in [0, 0.1) is 0 Å². The molecule has 1 aromatic carbocycles. The summed E-state index contributed by atoms with van der Waals surface area (Å²) < 4.78 is 28.7. The first-order valence-electron chi connectivity index (χ1n) is 7.87. The Balaban J connectivity index is 2.02. The van der Waals surface area contributed by atoms with Crippen LogP contribution >= 0.6 is 11.6 Å². The summed E-state index contributed by atoms with van der Waals surface area (Å²) in [6.07, 6.45) is 4.22. The van der Waals surface area contributed by atoms with Crippen molar-refractivity contribution < 1.29 is 13.2 Å². The van der Waals surface area contributed by atoms with Crippen LogP contribution in [0.2, 0.25) is 5.02 Å². The second kappa shape index (κ2) is 8.46. The van der Waals surface area contributed by atoms with Gasteiger partial charge in [-0.1, -0.05) is 11.6 Å². The van der Waals surface area contributed by atoms with Gasteiger partial charge < -0.3 is 5.32 Å². The summed E-state index contributed by atoms with van der Waals surface area (Å²) in [6.45, 7) is 4.55. The highest BCUT2D eigenvalue weighted by molar-refractivity contribution is 7.89. The van der Waals surface area contributed by atoms with E-state index in [4.69, 9.17) is 11.6 Å². The van der Waals surface area contributed by atoms with Crippen LogP contribution in [-0.2, 0) is 16.6 Å². The molecule has 0 unspecified atom stereocenters. The largest absolute Gasteiger partial charge is 0.352 e. The van der Waals surface area contributed by atoms with Crippen molar-refractivity contribution in [1.82, 2.24) is 19.8 Å². The molecule has 0 saturated carbocycles. The molecule has 1 aromatic heterocycles. The number of amides is 1. The van der Waals surface area contributed by atoms with E-state index < -0.39 is 15.9 Å². The molecule has 0 atom stereocenters. The van der Waals surface area contributed by atoms with Gasteiger partial charge in [-0.3, -0.25) is 9.48 Å². The summed E-state index contributed by atoms with van der Waals surface area (Å²) in [5.74, 6) is -0.410. The highest BCUT2D eigenvalue weighted by Crippen LogP contribution is 2.20. The number of carbonyl (C=O) groups excluding carboxylic acids is 1. The molecule has 2 aromatic rings. The fourth-order valence-electron chi connectivity index (χ4n) is 2.19. The molecule has 9 heteroatoms. The Bertz CT molecular complexity index is 820. The summed E-state index contributed by atoms with van der Waals surface area (Å²) in [7, 11) is -3.69. The molecule has 2 N–H and O–H groups in total. The van der Waals surface area contributed by atoms with Gasteiger partial charge in [0.25, 0.3) is 5.91 Å². The summed E-state index contributed by atoms with van der Waals surface area (Å²) in [4.78, 5) is 12.3. The molecular formula is C16H21ClN4O3S. The molecule has 0 fully saturated rings. The lowest BCUT2D eigenvalue weighted by Crippen LogP contribution is -2.31. The van der Waals surface area contributed by atoms with E-state index in [0.717, 1.165) is 0 Å². The first-order chi connectivity index (χ1) is 11.8. The van der Waals surface area contributed by atoms with E-state index in [9.17, 15) is 13.2 Å². The number of nitrogens with one attached hydrogen (secondary N) is 2. The van der Waals surface area contributed by atoms with Crippen LogP contribution in [0.15, 0.2) is 41.6 Å². The maximum atomic E-state index is 12.3. The average Bonchev–Trinajstić information content (AvgIpc) is 3.03. The lowest BCUT2D eigenvalue weighted by atomic mass is 10.2. The highest BCUT2D eigenvalue weighted by Gasteiger charge is 2.19. The third-order valence-electron chi connectivity index (χ3n) is 3.29. The van der Waals surface area contributed by atoms with Gasteiger partial charge in [-0.15, -0.1) is 0 Å². The first kappa shape index (κ1) is 19.4. The van der Waals surface area contributed by atoms with Gasteiger partial charge in [0, 0.05) is 31.5 Å². The number of benzene rings is 1. The Morgan fingerprint density at radius 1 is 1.36 bits per heavy atom. The molecule has 0 aliphatic rings. The zero-order valence-electron chi connectivity index (χ0n) is 14.1. The lowest BCUT2D eigenvalue weighted by Gasteiger charge is -2.12. The maximum absolute atomic E-state index is 12.3. The molecule has 0 spiro atoms. The maximum Gasteiger partial charge on any atom is 0.252 e. The highest BCUT2D eigenvalue weighted by atomic mass is 35.5. The zero-order valence-corrected chi connectivity index (χ0v) is 15.6. The number of sulfonamides is 1. The molecule has 0 saturated heterocycles. The topological polar surface area (TPSA) is 93.1 Å². The van der Waals surface area contributed by atoms with Crippen LogP contribution in [0.5, 0.6) is 0 Å². The Morgan fingerprint density at radius 3 is 2.76 bits per heavy atom. The van der Waals surface area contributed by atoms with Crippen molar-refractivity contribution in [1.29, 1.82) is 0 Å². The van der Waals surface area contributed by atoms with Crippen molar-refractivity contribution in [2.75, 3.05) is 6.54 Å². The molecule has 1 amide bonds. The average molecular weight is 385 g/mol. The second-order valence-electron chi connectivity index (χ2n) is 5.80. The number of aryl methyl sites for hydroxylation is 1. The van der Waals surface area contributed by atoms with E-state index in [1.54, 1.807) is 24.7 Å². The molecule has 2 rings (SSSR count). The molecule has 136 valence electrons. The number of carbonyl (C=O) groups is 1. The fourth-order valence-corrected chi connectivity index (χ4v) is 3.68. The predicted octanol–water partition coefficient (Wildman–Crippen LogP) is 2.04. The number of hydrogen-bond donors (Lipinski definition) is 2. The summed E-state index contributed by atoms with van der Waals surface area (Å²) in [5.41, 5.74) is 0.132. The van der Waals surface area contributed by atoms with Gasteiger partial charge in [-0.05, 0) is 44.5 Å². The van der Waals surface area contributed by atoms with E-state index in [1.165, 1.54) is 18.2 Å². The molecule has 1 heterocycles. The van der Waals surface area contributed by atoms with Crippen molar-refractivity contribution in [3.63, 3.8) is 0 Å². The van der Waals surface area contributed by atoms with Gasteiger partial charge >= 0.3 is 0 Å². The summed E-state index contributed by atoms with van der Waals surface area (Å²) >= 11 is 6.05. The van der Waals surface area contributed by atoms with Crippen LogP contribution in [0.4, 0.5) is 0 Å². The van der Waals surface area contributed by atoms with E-state index in [1.807, 2.05) is 12.3 Å². The predicted molar refractivity (Wildman–Crippen MR) is 96.1 cm³/mol. The van der Waals surface area contributed by atoms with E-state index in [-0.39, 0.29) is 21.5 Å². The van der Waals surface area contributed by atoms with Gasteiger partial charge in [0.2, 0.25) is 10.0 Å². The fraction of sp³-hybridized carbons (Fsp3) is 0.375. The third-order valence-corrected chi connectivity index (χ3v) is 5.28. The number of aromatic nitrogens is 2. The third kappa shape index (κ3) is 5.55. The van der Waals surface area contributed by atoms with Gasteiger partial charge in [-0.2, -0.15) is 5.10 Å². The molecule has 0 aliphatic carbocycles. The number of rotatable bonds is 8. The van der Waals surface area contributed by atoms with Crippen molar-refractivity contribution in [2.45, 2.75) is 37.8 Å². The Hall–Kier alpha value is -1.90. The van der Waals surface area contributed by atoms with Crippen molar-refractivity contribution in [3.8, 4) is 0 Å². The standard InChI is InChI=1S/C16H21ClN4O3S/c1-12(2)20-25(23,24)13-5-6-15(17)14(11-13)16(22)18-7-3-9-21-10-4-8-19-21/h4-6,8,10-12,20H,3,7,9H2,1-2H3,(H,18,22). The van der Waals surface area contributed by atoms with E-state index in [2.05, 4.69) is 15.1 Å². The summed E-state index contributed by atoms with van der Waals surface area (Å²) in [5, 5.41) is 7.02. The molecule has 25 heavy (non-hydrogen) atoms. The van der Waals surface area contributed by atoms with Crippen LogP contribution in [-0.4, -0.2) is 36.7 Å². The molecule has 0 bridgehead atoms. The van der Waals surface area contributed by atoms with Gasteiger partial charge in [0.05, 0.1) is 15.5 Å². The van der Waals surface area contributed by atoms with Gasteiger partial charge in [0.15, 0.2) is 0 Å². The van der Waals surface area contributed by atoms with Crippen LogP contribution in [0.3, 0.4) is 0 Å². The van der Waals surface area contributed by atoms with Gasteiger partial charge in [0.1, 0.15) is 0 Å². The van der Waals surface area contributed by atoms with Crippen molar-refractivity contribution >= 4 is 27.5 Å². The number of hydrogen-bond acceptors (Lipinski definition) is 4. The second-order valence-corrected chi connectivity index (χ2v) is 7.92. The minimum Gasteiger partial charge on any atom is -0.352 e. The SMILES string of the molecule is CC(C)NS(=O)(=O)c1ccc(Cl)c(C(=O)NCCCn2cccn2)c1. The van der Waals surface area contributed by atoms with Crippen LogP contribution in [0.25, 0.3) is 0 Å². The normalized spacial score (nSPS) is 11.7. The molecular weight excluding hydrogens is 364 g/mol. The van der Waals surface area contributed by atoms with Crippen LogP contribution < -0.4 is 10.0 Å². The molecule has 0 aliphatic heterocycles. The Morgan fingerprint density at radius 2 is 2.12 bits per heavy atom. The van der Waals surface area contributed by atoms with Gasteiger partial charge in [-0.25, -0.2) is 13.1 Å². The zero-order chi connectivity index (χ0) is 18.4. The molecule has 7 nitrogen and oxygen atoms in total. The number of halogens is 1. The minimum absolute atomic E-state index is 0.00675. The van der Waals surface area contributed by atoms with Crippen molar-refractivity contribution in [3.05, 3.63) is 47.2 Å². The van der Waals surface area contributed by atoms with E-state index >= 15 is 0 Å². The quantitative estimate of drug-likeness (QED) is 0.681. The minimum atomic E-state index is -3.69. The van der Waals surface area contributed by atoms with E-state index in [0.29, 0.717) is 19.5 Å².